The summed E-state index contributed by atoms with van der Waals surface area (Å²) >= 11 is 3.78. The van der Waals surface area contributed by atoms with E-state index < -0.39 is 0 Å². The van der Waals surface area contributed by atoms with Crippen LogP contribution in [-0.2, 0) is 6.54 Å². The molecule has 1 aromatic heterocycles. The molecular formula is C13H23IN4S2. The lowest BCUT2D eigenvalue weighted by molar-refractivity contribution is 0.408. The maximum Gasteiger partial charge on any atom is 0.194 e. The number of thioether (sulfide) groups is 1. The molecule has 0 spiro atoms. The Kier molecular flexibility index (Phi) is 8.20. The van der Waals surface area contributed by atoms with Gasteiger partial charge in [0.15, 0.2) is 5.96 Å². The van der Waals surface area contributed by atoms with E-state index in [0.29, 0.717) is 0 Å². The van der Waals surface area contributed by atoms with Gasteiger partial charge in [-0.25, -0.2) is 4.98 Å². The molecule has 1 fully saturated rings. The predicted molar refractivity (Wildman–Crippen MR) is 101 cm³/mol. The Balaban J connectivity index is 0.00000200. The van der Waals surface area contributed by atoms with E-state index in [9.17, 15) is 0 Å². The number of thiazole rings is 1. The number of aryl methyl sites for hydroxylation is 1. The predicted octanol–water partition coefficient (Wildman–Crippen LogP) is 2.97. The van der Waals surface area contributed by atoms with Crippen LogP contribution in [0.15, 0.2) is 10.4 Å². The largest absolute Gasteiger partial charge is 0.350 e. The summed E-state index contributed by atoms with van der Waals surface area (Å²) in [6.07, 6.45) is 1.23. The van der Waals surface area contributed by atoms with Crippen LogP contribution in [-0.4, -0.2) is 47.0 Å². The van der Waals surface area contributed by atoms with Crippen LogP contribution < -0.4 is 5.32 Å². The van der Waals surface area contributed by atoms with E-state index in [4.69, 9.17) is 0 Å². The molecule has 1 aliphatic rings. The number of nitrogens with one attached hydrogen (secondary N) is 1. The van der Waals surface area contributed by atoms with Crippen molar-refractivity contribution < 1.29 is 0 Å². The maximum atomic E-state index is 4.47. The summed E-state index contributed by atoms with van der Waals surface area (Å²) in [6, 6.07) is 0. The van der Waals surface area contributed by atoms with E-state index in [-0.39, 0.29) is 24.0 Å². The van der Waals surface area contributed by atoms with E-state index >= 15 is 0 Å². The number of aromatic nitrogens is 1. The number of hydrogen-bond donors (Lipinski definition) is 1. The van der Waals surface area contributed by atoms with E-state index in [1.165, 1.54) is 12.2 Å². The van der Waals surface area contributed by atoms with Crippen molar-refractivity contribution in [3.05, 3.63) is 16.1 Å². The van der Waals surface area contributed by atoms with Crippen molar-refractivity contribution >= 4 is 53.0 Å². The van der Waals surface area contributed by atoms with Gasteiger partial charge in [0.1, 0.15) is 5.01 Å². The van der Waals surface area contributed by atoms with E-state index in [1.807, 2.05) is 14.0 Å². The molecule has 0 aromatic carbocycles. The molecule has 1 saturated heterocycles. The van der Waals surface area contributed by atoms with Gasteiger partial charge in [0, 0.05) is 42.2 Å². The molecule has 1 atom stereocenters. The van der Waals surface area contributed by atoms with Crippen LogP contribution in [0.1, 0.15) is 24.0 Å². The lowest BCUT2D eigenvalue weighted by atomic mass is 10.3. The van der Waals surface area contributed by atoms with Gasteiger partial charge < -0.3 is 10.2 Å². The molecule has 2 heterocycles. The third kappa shape index (κ3) is 5.07. The highest BCUT2D eigenvalue weighted by atomic mass is 127. The first-order valence-corrected chi connectivity index (χ1v) is 8.64. The zero-order chi connectivity index (χ0) is 13.7. The molecule has 4 nitrogen and oxygen atoms in total. The smallest absolute Gasteiger partial charge is 0.194 e. The van der Waals surface area contributed by atoms with Gasteiger partial charge in [-0.15, -0.1) is 35.3 Å². The quantitative estimate of drug-likeness (QED) is 0.459. The molecule has 0 saturated carbocycles. The van der Waals surface area contributed by atoms with E-state index in [2.05, 4.69) is 44.3 Å². The fourth-order valence-electron chi connectivity index (χ4n) is 2.13. The van der Waals surface area contributed by atoms with Crippen LogP contribution in [0.25, 0.3) is 0 Å². The number of rotatable bonds is 3. The van der Waals surface area contributed by atoms with Crippen LogP contribution >= 0.6 is 47.1 Å². The molecule has 1 aromatic rings. The van der Waals surface area contributed by atoms with Gasteiger partial charge in [0.25, 0.3) is 0 Å². The zero-order valence-corrected chi connectivity index (χ0v) is 16.2. The van der Waals surface area contributed by atoms with Gasteiger partial charge in [-0.1, -0.05) is 6.92 Å². The lowest BCUT2D eigenvalue weighted by Crippen LogP contribution is -2.47. The summed E-state index contributed by atoms with van der Waals surface area (Å²) in [4.78, 5) is 11.2. The number of guanidine groups is 1. The van der Waals surface area contributed by atoms with Gasteiger partial charge in [-0.05, 0) is 13.3 Å². The van der Waals surface area contributed by atoms with Crippen LogP contribution in [0, 0.1) is 6.92 Å². The Bertz CT molecular complexity index is 436. The Labute approximate surface area is 146 Å². The van der Waals surface area contributed by atoms with Gasteiger partial charge in [-0.3, -0.25) is 4.99 Å². The Morgan fingerprint density at radius 1 is 1.60 bits per heavy atom. The highest BCUT2D eigenvalue weighted by Gasteiger charge is 2.21. The first-order valence-electron chi connectivity index (χ1n) is 6.71. The Morgan fingerprint density at radius 3 is 3.00 bits per heavy atom. The molecule has 0 radical (unpaired) electrons. The van der Waals surface area contributed by atoms with Gasteiger partial charge in [0.05, 0.1) is 6.54 Å². The van der Waals surface area contributed by atoms with Gasteiger partial charge >= 0.3 is 0 Å². The number of hydrogen-bond acceptors (Lipinski definition) is 4. The monoisotopic (exact) mass is 426 g/mol. The summed E-state index contributed by atoms with van der Waals surface area (Å²) in [6.45, 7) is 7.24. The molecule has 2 rings (SSSR count). The highest BCUT2D eigenvalue weighted by molar-refractivity contribution is 14.0. The second-order valence-electron chi connectivity index (χ2n) is 4.63. The molecule has 7 heteroatoms. The third-order valence-corrected chi connectivity index (χ3v) is 5.51. The molecule has 0 bridgehead atoms. The van der Waals surface area contributed by atoms with Crippen LogP contribution in [0.3, 0.4) is 0 Å². The standard InChI is InChI=1S/C13H22N4S2.HI/c1-4-11-8-17(5-6-18-11)13(14-3)15-7-12-16-10(2)9-19-12;/h9,11H,4-8H2,1-3H3,(H,14,15);1H. The molecular weight excluding hydrogens is 403 g/mol. The molecule has 20 heavy (non-hydrogen) atoms. The molecule has 0 aliphatic carbocycles. The topological polar surface area (TPSA) is 40.5 Å². The van der Waals surface area contributed by atoms with Crippen molar-refractivity contribution in [1.29, 1.82) is 0 Å². The SMILES string of the molecule is CCC1CN(C(=NC)NCc2nc(C)cs2)CCS1.I. The van der Waals surface area contributed by atoms with Crippen molar-refractivity contribution in [3.63, 3.8) is 0 Å². The maximum absolute atomic E-state index is 4.47. The zero-order valence-electron chi connectivity index (χ0n) is 12.3. The molecule has 114 valence electrons. The summed E-state index contributed by atoms with van der Waals surface area (Å²) < 4.78 is 0. The summed E-state index contributed by atoms with van der Waals surface area (Å²) in [5, 5.41) is 7.37. The number of aliphatic imine (C=N–C) groups is 1. The minimum absolute atomic E-state index is 0. The average Bonchev–Trinajstić information content (AvgIpc) is 2.85. The van der Waals surface area contributed by atoms with Crippen LogP contribution in [0.5, 0.6) is 0 Å². The third-order valence-electron chi connectivity index (χ3n) is 3.17. The molecule has 1 N–H and O–H groups in total. The first-order chi connectivity index (χ1) is 9.22. The molecule has 1 unspecified atom stereocenters. The second kappa shape index (κ2) is 9.09. The summed E-state index contributed by atoms with van der Waals surface area (Å²) in [5.41, 5.74) is 1.09. The summed E-state index contributed by atoms with van der Waals surface area (Å²) in [7, 11) is 1.86. The van der Waals surface area contributed by atoms with E-state index in [1.54, 1.807) is 11.3 Å². The molecule has 1 aliphatic heterocycles. The van der Waals surface area contributed by atoms with Crippen LogP contribution in [0.4, 0.5) is 0 Å². The minimum atomic E-state index is 0. The second-order valence-corrected chi connectivity index (χ2v) is 6.98. The highest BCUT2D eigenvalue weighted by Crippen LogP contribution is 2.21. The van der Waals surface area contributed by atoms with E-state index in [0.717, 1.165) is 41.5 Å². The minimum Gasteiger partial charge on any atom is -0.350 e. The van der Waals surface area contributed by atoms with Crippen molar-refractivity contribution in [2.24, 2.45) is 4.99 Å². The fourth-order valence-corrected chi connectivity index (χ4v) is 4.02. The first kappa shape index (κ1) is 18.0. The van der Waals surface area contributed by atoms with Crippen LogP contribution in [0.2, 0.25) is 0 Å². The van der Waals surface area contributed by atoms with Crippen molar-refractivity contribution in [1.82, 2.24) is 15.2 Å². The van der Waals surface area contributed by atoms with Crippen molar-refractivity contribution in [2.75, 3.05) is 25.9 Å². The van der Waals surface area contributed by atoms with Gasteiger partial charge in [-0.2, -0.15) is 11.8 Å². The van der Waals surface area contributed by atoms with Gasteiger partial charge in [0.2, 0.25) is 0 Å². The Hall–Kier alpha value is -0.0200. The summed E-state index contributed by atoms with van der Waals surface area (Å²) in [5.74, 6) is 2.20. The fraction of sp³-hybridized carbons (Fsp3) is 0.692. The van der Waals surface area contributed by atoms with Crippen molar-refractivity contribution in [3.8, 4) is 0 Å². The number of nitrogens with zero attached hydrogens (tertiary/aromatic N) is 3. The number of halogens is 1. The Morgan fingerprint density at radius 2 is 2.40 bits per heavy atom. The molecule has 0 amide bonds. The lowest BCUT2D eigenvalue weighted by Gasteiger charge is -2.34. The average molecular weight is 426 g/mol. The van der Waals surface area contributed by atoms with Crippen molar-refractivity contribution in [2.45, 2.75) is 32.1 Å². The normalized spacial score (nSPS) is 19.6.